The zero-order valence-electron chi connectivity index (χ0n) is 9.27. The van der Waals surface area contributed by atoms with E-state index in [9.17, 15) is 0 Å². The average Bonchev–Trinajstić information content (AvgIpc) is 2.95. The highest BCUT2D eigenvalue weighted by atomic mass is 79.9. The Morgan fingerprint density at radius 1 is 1.56 bits per heavy atom. The van der Waals surface area contributed by atoms with Crippen molar-refractivity contribution in [2.75, 3.05) is 5.33 Å². The molecule has 0 aromatic carbocycles. The van der Waals surface area contributed by atoms with E-state index < -0.39 is 0 Å². The van der Waals surface area contributed by atoms with E-state index in [2.05, 4.69) is 56.1 Å². The highest BCUT2D eigenvalue weighted by molar-refractivity contribution is 9.09. The molecule has 0 aliphatic rings. The first-order valence-corrected chi connectivity index (χ1v) is 7.46. The van der Waals surface area contributed by atoms with Crippen LogP contribution >= 0.6 is 27.3 Å². The molecule has 2 nitrogen and oxygen atoms in total. The maximum absolute atomic E-state index is 4.44. The van der Waals surface area contributed by atoms with Gasteiger partial charge in [0.05, 0.1) is 4.88 Å². The summed E-state index contributed by atoms with van der Waals surface area (Å²) in [6.45, 7) is 3.27. The van der Waals surface area contributed by atoms with E-state index in [4.69, 9.17) is 0 Å². The molecule has 16 heavy (non-hydrogen) atoms. The van der Waals surface area contributed by atoms with E-state index in [1.54, 1.807) is 11.3 Å². The first-order chi connectivity index (χ1) is 7.85. The summed E-state index contributed by atoms with van der Waals surface area (Å²) in [5.74, 6) is 1.77. The minimum absolute atomic E-state index is 0.674. The summed E-state index contributed by atoms with van der Waals surface area (Å²) < 4.78 is 2.25. The molecule has 2 rings (SSSR count). The van der Waals surface area contributed by atoms with E-state index in [0.29, 0.717) is 5.92 Å². The lowest BCUT2D eigenvalue weighted by molar-refractivity contribution is 0.482. The van der Waals surface area contributed by atoms with Gasteiger partial charge in [-0.1, -0.05) is 35.3 Å². The second-order valence-electron chi connectivity index (χ2n) is 3.81. The Labute approximate surface area is 108 Å². The number of imidazole rings is 1. The van der Waals surface area contributed by atoms with Crippen molar-refractivity contribution in [2.45, 2.75) is 19.9 Å². The standard InChI is InChI=1S/C12H15BrN2S/c1-2-10(8-13)9-15-6-5-14-12(15)11-4-3-7-16-11/h3-7,10H,2,8-9H2,1H3. The van der Waals surface area contributed by atoms with Crippen LogP contribution in [-0.4, -0.2) is 14.9 Å². The number of thiophene rings is 1. The third-order valence-electron chi connectivity index (χ3n) is 2.71. The SMILES string of the molecule is CCC(CBr)Cn1ccnc1-c1cccs1. The van der Waals surface area contributed by atoms with Crippen LogP contribution < -0.4 is 0 Å². The summed E-state index contributed by atoms with van der Waals surface area (Å²) in [7, 11) is 0. The van der Waals surface area contributed by atoms with E-state index in [1.807, 2.05) is 6.20 Å². The van der Waals surface area contributed by atoms with Gasteiger partial charge in [-0.15, -0.1) is 11.3 Å². The quantitative estimate of drug-likeness (QED) is 0.762. The smallest absolute Gasteiger partial charge is 0.149 e. The number of alkyl halides is 1. The van der Waals surface area contributed by atoms with Gasteiger partial charge in [0, 0.05) is 24.3 Å². The molecule has 0 aliphatic heterocycles. The van der Waals surface area contributed by atoms with Crippen LogP contribution in [0.15, 0.2) is 29.9 Å². The van der Waals surface area contributed by atoms with Crippen molar-refractivity contribution in [3.05, 3.63) is 29.9 Å². The van der Waals surface area contributed by atoms with Crippen molar-refractivity contribution in [1.29, 1.82) is 0 Å². The lowest BCUT2D eigenvalue weighted by Gasteiger charge is -2.13. The Morgan fingerprint density at radius 2 is 2.44 bits per heavy atom. The van der Waals surface area contributed by atoms with Crippen molar-refractivity contribution in [1.82, 2.24) is 9.55 Å². The van der Waals surface area contributed by atoms with E-state index >= 15 is 0 Å². The molecular weight excluding hydrogens is 284 g/mol. The van der Waals surface area contributed by atoms with Crippen LogP contribution in [0.5, 0.6) is 0 Å². The van der Waals surface area contributed by atoms with Gasteiger partial charge in [-0.05, 0) is 17.4 Å². The molecule has 2 aromatic rings. The minimum atomic E-state index is 0.674. The fourth-order valence-corrected chi connectivity index (χ4v) is 3.05. The predicted molar refractivity (Wildman–Crippen MR) is 73.1 cm³/mol. The van der Waals surface area contributed by atoms with E-state index in [-0.39, 0.29) is 0 Å². The summed E-state index contributed by atoms with van der Waals surface area (Å²) in [6.07, 6.45) is 5.14. The van der Waals surface area contributed by atoms with Crippen LogP contribution in [0.2, 0.25) is 0 Å². The summed E-state index contributed by atoms with van der Waals surface area (Å²) >= 11 is 5.31. The first-order valence-electron chi connectivity index (χ1n) is 5.46. The van der Waals surface area contributed by atoms with Gasteiger partial charge in [-0.25, -0.2) is 4.98 Å². The molecular formula is C12H15BrN2S. The number of rotatable bonds is 5. The van der Waals surface area contributed by atoms with Crippen molar-refractivity contribution >= 4 is 27.3 Å². The minimum Gasteiger partial charge on any atom is -0.330 e. The zero-order chi connectivity index (χ0) is 11.4. The number of aromatic nitrogens is 2. The fraction of sp³-hybridized carbons (Fsp3) is 0.417. The van der Waals surface area contributed by atoms with Crippen molar-refractivity contribution in [3.63, 3.8) is 0 Å². The van der Waals surface area contributed by atoms with Crippen molar-refractivity contribution in [2.24, 2.45) is 5.92 Å². The predicted octanol–water partition coefficient (Wildman–Crippen LogP) is 4.03. The third-order valence-corrected chi connectivity index (χ3v) is 4.49. The highest BCUT2D eigenvalue weighted by Gasteiger charge is 2.10. The molecule has 0 saturated heterocycles. The molecule has 2 aromatic heterocycles. The third kappa shape index (κ3) is 2.55. The van der Waals surface area contributed by atoms with Gasteiger partial charge in [-0.2, -0.15) is 0 Å². The molecule has 0 spiro atoms. The Kier molecular flexibility index (Phi) is 4.18. The molecule has 2 heterocycles. The zero-order valence-corrected chi connectivity index (χ0v) is 11.7. The molecule has 1 atom stereocenters. The van der Waals surface area contributed by atoms with Gasteiger partial charge in [-0.3, -0.25) is 0 Å². The summed E-state index contributed by atoms with van der Waals surface area (Å²) in [5.41, 5.74) is 0. The highest BCUT2D eigenvalue weighted by Crippen LogP contribution is 2.24. The van der Waals surface area contributed by atoms with E-state index in [0.717, 1.165) is 17.7 Å². The van der Waals surface area contributed by atoms with E-state index in [1.165, 1.54) is 11.3 Å². The molecule has 0 amide bonds. The van der Waals surface area contributed by atoms with Gasteiger partial charge >= 0.3 is 0 Å². The Bertz CT molecular complexity index is 418. The molecule has 0 fully saturated rings. The molecule has 0 N–H and O–H groups in total. The van der Waals surface area contributed by atoms with Gasteiger partial charge in [0.15, 0.2) is 0 Å². The monoisotopic (exact) mass is 298 g/mol. The van der Waals surface area contributed by atoms with Crippen LogP contribution in [-0.2, 0) is 6.54 Å². The second kappa shape index (κ2) is 5.64. The van der Waals surface area contributed by atoms with Crippen LogP contribution in [0.25, 0.3) is 10.7 Å². The van der Waals surface area contributed by atoms with Gasteiger partial charge in [0.1, 0.15) is 5.82 Å². The first kappa shape index (κ1) is 11.9. The average molecular weight is 299 g/mol. The summed E-state index contributed by atoms with van der Waals surface area (Å²) in [5, 5.41) is 3.14. The van der Waals surface area contributed by atoms with Crippen molar-refractivity contribution < 1.29 is 0 Å². The lowest BCUT2D eigenvalue weighted by atomic mass is 10.1. The van der Waals surface area contributed by atoms with Gasteiger partial charge in [0.2, 0.25) is 0 Å². The largest absolute Gasteiger partial charge is 0.330 e. The Morgan fingerprint density at radius 3 is 3.06 bits per heavy atom. The van der Waals surface area contributed by atoms with Gasteiger partial charge in [0.25, 0.3) is 0 Å². The molecule has 1 unspecified atom stereocenters. The molecule has 0 aliphatic carbocycles. The van der Waals surface area contributed by atoms with Crippen LogP contribution in [0.4, 0.5) is 0 Å². The lowest BCUT2D eigenvalue weighted by Crippen LogP contribution is -2.11. The van der Waals surface area contributed by atoms with Crippen LogP contribution in [0.1, 0.15) is 13.3 Å². The maximum atomic E-state index is 4.44. The normalized spacial score (nSPS) is 12.9. The van der Waals surface area contributed by atoms with Gasteiger partial charge < -0.3 is 4.57 Å². The van der Waals surface area contributed by atoms with Crippen LogP contribution in [0, 0.1) is 5.92 Å². The number of halogens is 1. The number of hydrogen-bond donors (Lipinski definition) is 0. The molecule has 0 saturated carbocycles. The topological polar surface area (TPSA) is 17.8 Å². The maximum Gasteiger partial charge on any atom is 0.149 e. The molecule has 4 heteroatoms. The molecule has 0 radical (unpaired) electrons. The number of hydrogen-bond acceptors (Lipinski definition) is 2. The fourth-order valence-electron chi connectivity index (χ4n) is 1.65. The Balaban J connectivity index is 2.19. The summed E-state index contributed by atoms with van der Waals surface area (Å²) in [6, 6.07) is 4.19. The van der Waals surface area contributed by atoms with Crippen molar-refractivity contribution in [3.8, 4) is 10.7 Å². The summed E-state index contributed by atoms with van der Waals surface area (Å²) in [4.78, 5) is 5.68. The number of nitrogens with zero attached hydrogens (tertiary/aromatic N) is 2. The second-order valence-corrected chi connectivity index (χ2v) is 5.40. The Hall–Kier alpha value is -0.610. The molecule has 86 valence electrons. The van der Waals surface area contributed by atoms with Crippen LogP contribution in [0.3, 0.4) is 0 Å². The molecule has 0 bridgehead atoms.